The zero-order valence-corrected chi connectivity index (χ0v) is 19.8. The molecule has 1 saturated heterocycles. The Kier molecular flexibility index (Phi) is 6.87. The van der Waals surface area contributed by atoms with Crippen molar-refractivity contribution in [2.75, 3.05) is 13.1 Å². The molecule has 1 aliphatic carbocycles. The van der Waals surface area contributed by atoms with E-state index < -0.39 is 0 Å². The number of pyridine rings is 1. The van der Waals surface area contributed by atoms with E-state index in [1.54, 1.807) is 0 Å². The van der Waals surface area contributed by atoms with Crippen molar-refractivity contribution in [3.8, 4) is 0 Å². The van der Waals surface area contributed by atoms with E-state index in [9.17, 15) is 4.79 Å². The first kappa shape index (κ1) is 22.3. The molecule has 3 nitrogen and oxygen atoms in total. The molecule has 1 aliphatic heterocycles. The van der Waals surface area contributed by atoms with Crippen LogP contribution in [0, 0.1) is 11.8 Å². The predicted molar refractivity (Wildman–Crippen MR) is 136 cm³/mol. The number of aromatic nitrogens is 1. The van der Waals surface area contributed by atoms with Crippen LogP contribution in [-0.2, 0) is 0 Å². The predicted octanol–water partition coefficient (Wildman–Crippen LogP) is 6.88. The van der Waals surface area contributed by atoms with Gasteiger partial charge in [0.1, 0.15) is 0 Å². The van der Waals surface area contributed by atoms with Gasteiger partial charge >= 0.3 is 0 Å². The minimum atomic E-state index is 0.315. The van der Waals surface area contributed by atoms with Gasteiger partial charge in [-0.05, 0) is 92.5 Å². The van der Waals surface area contributed by atoms with Gasteiger partial charge in [-0.3, -0.25) is 9.78 Å². The van der Waals surface area contributed by atoms with E-state index in [2.05, 4.69) is 65.8 Å². The highest BCUT2D eigenvalue weighted by Gasteiger charge is 2.28. The number of Topliss-reactive ketones (excluding diaryl/α,β-unsaturated/α-hetero) is 1. The monoisotopic (exact) mass is 440 g/mol. The van der Waals surface area contributed by atoms with Gasteiger partial charge in [0, 0.05) is 23.6 Å². The molecule has 0 spiro atoms. The van der Waals surface area contributed by atoms with Crippen LogP contribution in [0.4, 0.5) is 0 Å². The second kappa shape index (κ2) is 10.2. The zero-order valence-electron chi connectivity index (χ0n) is 19.8. The molecule has 33 heavy (non-hydrogen) atoms. The molecule has 3 heteroatoms. The molecule has 5 rings (SSSR count). The van der Waals surface area contributed by atoms with Crippen molar-refractivity contribution in [2.45, 2.75) is 63.7 Å². The summed E-state index contributed by atoms with van der Waals surface area (Å²) in [7, 11) is 0. The Morgan fingerprint density at radius 1 is 0.970 bits per heavy atom. The molecule has 0 bridgehead atoms. The number of ketones is 1. The summed E-state index contributed by atoms with van der Waals surface area (Å²) in [4.78, 5) is 17.4. The Bertz CT molecular complexity index is 1080. The van der Waals surface area contributed by atoms with Crippen molar-refractivity contribution in [3.05, 3.63) is 77.5 Å². The van der Waals surface area contributed by atoms with Crippen LogP contribution in [0.1, 0.15) is 85.2 Å². The molecule has 2 heterocycles. The lowest BCUT2D eigenvalue weighted by atomic mass is 9.86. The number of nitrogens with one attached hydrogen (secondary N) is 1. The van der Waals surface area contributed by atoms with Crippen LogP contribution in [0.3, 0.4) is 0 Å². The fourth-order valence-electron chi connectivity index (χ4n) is 6.15. The number of rotatable bonds is 7. The molecule has 2 fully saturated rings. The normalized spacial score (nSPS) is 22.5. The first-order valence-electron chi connectivity index (χ1n) is 12.8. The van der Waals surface area contributed by atoms with Crippen LogP contribution in [0.5, 0.6) is 0 Å². The fourth-order valence-corrected chi connectivity index (χ4v) is 6.15. The second-order valence-electron chi connectivity index (χ2n) is 10.4. The second-order valence-corrected chi connectivity index (χ2v) is 10.4. The molecule has 1 aromatic heterocycles. The van der Waals surface area contributed by atoms with Crippen molar-refractivity contribution in [3.63, 3.8) is 0 Å². The number of carbonyl (C=O) groups excluding carboxylic acids is 1. The summed E-state index contributed by atoms with van der Waals surface area (Å²) >= 11 is 0. The average molecular weight is 441 g/mol. The lowest BCUT2D eigenvalue weighted by molar-refractivity contribution is 0.0952. The summed E-state index contributed by atoms with van der Waals surface area (Å²) in [6.45, 7) is 4.46. The highest BCUT2D eigenvalue weighted by atomic mass is 16.1. The molecular formula is C30H36N2O. The third-order valence-electron chi connectivity index (χ3n) is 8.06. The van der Waals surface area contributed by atoms with Crippen molar-refractivity contribution in [2.24, 2.45) is 11.8 Å². The smallest absolute Gasteiger partial charge is 0.163 e. The molecule has 2 aliphatic rings. The number of carbonyl (C=O) groups is 1. The summed E-state index contributed by atoms with van der Waals surface area (Å²) in [6, 6.07) is 19.4. The lowest BCUT2D eigenvalue weighted by Crippen LogP contribution is -2.28. The molecule has 1 unspecified atom stereocenters. The maximum atomic E-state index is 12.7. The van der Waals surface area contributed by atoms with Gasteiger partial charge in [-0.1, -0.05) is 55.5 Å². The zero-order chi connectivity index (χ0) is 22.6. The highest BCUT2D eigenvalue weighted by molar-refractivity contribution is 5.96. The minimum Gasteiger partial charge on any atom is -0.317 e. The lowest BCUT2D eigenvalue weighted by Gasteiger charge is -2.21. The standard InChI is InChI=1S/C30H36N2O/c1-21(28-6-2-4-26-5-3-15-32-30(26)28)18-23-7-8-27(19-23)24-9-11-25(12-10-24)29(33)20-22-13-16-31-17-14-22/h2-6,9-12,15,21-23,27,31H,7-8,13-14,16-20H2,1H3/t21-,23?,27-/m0/s1. The molecule has 0 amide bonds. The highest BCUT2D eigenvalue weighted by Crippen LogP contribution is 2.43. The topological polar surface area (TPSA) is 42.0 Å². The van der Waals surface area contributed by atoms with Gasteiger partial charge in [0.25, 0.3) is 0 Å². The molecular weight excluding hydrogens is 404 g/mol. The number of hydrogen-bond donors (Lipinski definition) is 1. The van der Waals surface area contributed by atoms with Gasteiger partial charge in [-0.15, -0.1) is 0 Å². The molecule has 1 N–H and O–H groups in total. The number of hydrogen-bond acceptors (Lipinski definition) is 3. The number of para-hydroxylation sites is 1. The van der Waals surface area contributed by atoms with Crippen LogP contribution < -0.4 is 5.32 Å². The largest absolute Gasteiger partial charge is 0.317 e. The molecule has 3 atom stereocenters. The van der Waals surface area contributed by atoms with E-state index in [0.717, 1.165) is 42.9 Å². The van der Waals surface area contributed by atoms with E-state index in [1.807, 2.05) is 12.3 Å². The SMILES string of the molecule is C[C@@H](CC1CC[C@H](c2ccc(C(=O)CC3CCNCC3)cc2)C1)c1cccc2cccnc12. The summed E-state index contributed by atoms with van der Waals surface area (Å²) in [5, 5.41) is 4.62. The van der Waals surface area contributed by atoms with E-state index in [4.69, 9.17) is 0 Å². The van der Waals surface area contributed by atoms with Crippen molar-refractivity contribution in [1.29, 1.82) is 0 Å². The van der Waals surface area contributed by atoms with Crippen LogP contribution in [0.2, 0.25) is 0 Å². The first-order valence-corrected chi connectivity index (χ1v) is 12.8. The third kappa shape index (κ3) is 5.19. The Labute approximate surface area is 198 Å². The van der Waals surface area contributed by atoms with Crippen molar-refractivity contribution >= 4 is 16.7 Å². The van der Waals surface area contributed by atoms with E-state index in [0.29, 0.717) is 30.0 Å². The van der Waals surface area contributed by atoms with Crippen LogP contribution in [0.15, 0.2) is 60.8 Å². The van der Waals surface area contributed by atoms with Crippen LogP contribution >= 0.6 is 0 Å². The van der Waals surface area contributed by atoms with Crippen molar-refractivity contribution < 1.29 is 4.79 Å². The fraction of sp³-hybridized carbons (Fsp3) is 0.467. The number of benzene rings is 2. The number of piperidine rings is 1. The molecule has 1 saturated carbocycles. The van der Waals surface area contributed by atoms with Gasteiger partial charge < -0.3 is 5.32 Å². The van der Waals surface area contributed by atoms with Crippen LogP contribution in [0.25, 0.3) is 10.9 Å². The van der Waals surface area contributed by atoms with Gasteiger partial charge in [-0.2, -0.15) is 0 Å². The summed E-state index contributed by atoms with van der Waals surface area (Å²) in [6.07, 6.45) is 9.89. The van der Waals surface area contributed by atoms with Gasteiger partial charge in [0.15, 0.2) is 5.78 Å². The number of fused-ring (bicyclic) bond motifs is 1. The summed E-state index contributed by atoms with van der Waals surface area (Å²) in [5.74, 6) is 2.76. The molecule has 3 aromatic rings. The molecule has 2 aromatic carbocycles. The van der Waals surface area contributed by atoms with Gasteiger partial charge in [0.05, 0.1) is 5.52 Å². The first-order chi connectivity index (χ1) is 16.2. The van der Waals surface area contributed by atoms with Gasteiger partial charge in [-0.25, -0.2) is 0 Å². The quantitative estimate of drug-likeness (QED) is 0.407. The maximum absolute atomic E-state index is 12.7. The van der Waals surface area contributed by atoms with Crippen molar-refractivity contribution in [1.82, 2.24) is 10.3 Å². The Morgan fingerprint density at radius 3 is 2.58 bits per heavy atom. The minimum absolute atomic E-state index is 0.315. The summed E-state index contributed by atoms with van der Waals surface area (Å²) in [5.41, 5.74) is 4.85. The Hall–Kier alpha value is -2.52. The van der Waals surface area contributed by atoms with E-state index in [-0.39, 0.29) is 0 Å². The third-order valence-corrected chi connectivity index (χ3v) is 8.06. The van der Waals surface area contributed by atoms with E-state index in [1.165, 1.54) is 42.2 Å². The van der Waals surface area contributed by atoms with Crippen LogP contribution in [-0.4, -0.2) is 23.9 Å². The average Bonchev–Trinajstić information content (AvgIpc) is 3.33. The van der Waals surface area contributed by atoms with Gasteiger partial charge in [0.2, 0.25) is 0 Å². The number of nitrogens with zero attached hydrogens (tertiary/aromatic N) is 1. The van der Waals surface area contributed by atoms with E-state index >= 15 is 0 Å². The maximum Gasteiger partial charge on any atom is 0.163 e. The molecule has 0 radical (unpaired) electrons. The summed E-state index contributed by atoms with van der Waals surface area (Å²) < 4.78 is 0. The Morgan fingerprint density at radius 2 is 1.76 bits per heavy atom. The molecule has 172 valence electrons. The Balaban J connectivity index is 1.18.